The Labute approximate surface area is 145 Å². The van der Waals surface area contributed by atoms with Crippen LogP contribution in [0.2, 0.25) is 0 Å². The second kappa shape index (κ2) is 7.87. The number of rotatable bonds is 3. The van der Waals surface area contributed by atoms with Crippen LogP contribution in [0.1, 0.15) is 16.8 Å². The number of hydrogen-bond donors (Lipinski definition) is 1. The van der Waals surface area contributed by atoms with Gasteiger partial charge in [0, 0.05) is 44.8 Å². The first-order valence-electron chi connectivity index (χ1n) is 7.74. The lowest BCUT2D eigenvalue weighted by Crippen LogP contribution is -2.52. The zero-order valence-electron chi connectivity index (χ0n) is 13.1. The van der Waals surface area contributed by atoms with Gasteiger partial charge in [-0.25, -0.2) is 4.39 Å². The fraction of sp³-hybridized carbons (Fsp3) is 0.533. The van der Waals surface area contributed by atoms with Crippen LogP contribution in [0.5, 0.6) is 0 Å². The van der Waals surface area contributed by atoms with Gasteiger partial charge in [0.15, 0.2) is 0 Å². The fourth-order valence-corrected chi connectivity index (χ4v) is 3.25. The Kier molecular flexibility index (Phi) is 6.09. The molecule has 1 atom stereocenters. The summed E-state index contributed by atoms with van der Waals surface area (Å²) in [7, 11) is 0. The third-order valence-corrected chi connectivity index (χ3v) is 4.54. The molecule has 24 heavy (non-hydrogen) atoms. The lowest BCUT2D eigenvalue weighted by Gasteiger charge is -2.37. The normalized spacial score (nSPS) is 21.4. The number of amides is 1. The van der Waals surface area contributed by atoms with E-state index in [2.05, 4.69) is 10.2 Å². The zero-order valence-corrected chi connectivity index (χ0v) is 13.9. The van der Waals surface area contributed by atoms with Gasteiger partial charge in [-0.05, 0) is 25.1 Å². The van der Waals surface area contributed by atoms with E-state index in [9.17, 15) is 19.3 Å². The molecule has 2 fully saturated rings. The second-order valence-corrected chi connectivity index (χ2v) is 5.89. The van der Waals surface area contributed by atoms with E-state index in [1.807, 2.05) is 0 Å². The molecule has 2 aliphatic rings. The van der Waals surface area contributed by atoms with E-state index in [0.717, 1.165) is 50.8 Å². The van der Waals surface area contributed by atoms with Crippen LogP contribution in [0.15, 0.2) is 18.2 Å². The molecule has 0 radical (unpaired) electrons. The van der Waals surface area contributed by atoms with Crippen LogP contribution in [0.25, 0.3) is 0 Å². The fourth-order valence-electron chi connectivity index (χ4n) is 3.25. The Morgan fingerprint density at radius 3 is 2.58 bits per heavy atom. The largest absolute Gasteiger partial charge is 0.336 e. The van der Waals surface area contributed by atoms with Crippen molar-refractivity contribution in [1.29, 1.82) is 0 Å². The van der Waals surface area contributed by atoms with Gasteiger partial charge in [-0.15, -0.1) is 12.4 Å². The molecule has 1 aromatic rings. The van der Waals surface area contributed by atoms with Gasteiger partial charge in [0.1, 0.15) is 11.4 Å². The van der Waals surface area contributed by atoms with Crippen molar-refractivity contribution in [2.24, 2.45) is 0 Å². The molecule has 1 amide bonds. The molecule has 1 unspecified atom stereocenters. The highest BCUT2D eigenvalue weighted by Crippen LogP contribution is 2.22. The Morgan fingerprint density at radius 2 is 2.00 bits per heavy atom. The summed E-state index contributed by atoms with van der Waals surface area (Å²) in [5, 5.41) is 14.4. The average molecular weight is 359 g/mol. The molecule has 2 aliphatic heterocycles. The maximum Gasteiger partial charge on any atom is 0.282 e. The minimum absolute atomic E-state index is 0. The average Bonchev–Trinajstić information content (AvgIpc) is 3.08. The number of nitro groups is 1. The monoisotopic (exact) mass is 358 g/mol. The van der Waals surface area contributed by atoms with Gasteiger partial charge in [0.05, 0.1) is 4.92 Å². The van der Waals surface area contributed by atoms with Crippen molar-refractivity contribution in [3.63, 3.8) is 0 Å². The van der Waals surface area contributed by atoms with E-state index in [1.165, 1.54) is 0 Å². The third-order valence-electron chi connectivity index (χ3n) is 4.54. The molecule has 9 heteroatoms. The summed E-state index contributed by atoms with van der Waals surface area (Å²) in [6.45, 7) is 4.46. The highest BCUT2D eigenvalue weighted by molar-refractivity contribution is 5.98. The van der Waals surface area contributed by atoms with E-state index in [0.29, 0.717) is 19.1 Å². The van der Waals surface area contributed by atoms with Crippen molar-refractivity contribution in [2.45, 2.75) is 12.5 Å². The molecular weight excluding hydrogens is 339 g/mol. The quantitative estimate of drug-likeness (QED) is 0.650. The summed E-state index contributed by atoms with van der Waals surface area (Å²) in [5.74, 6) is -1.12. The van der Waals surface area contributed by atoms with Crippen molar-refractivity contribution < 1.29 is 14.1 Å². The van der Waals surface area contributed by atoms with Crippen LogP contribution in [0.4, 0.5) is 10.1 Å². The highest BCUT2D eigenvalue weighted by Gasteiger charge is 2.30. The van der Waals surface area contributed by atoms with Gasteiger partial charge < -0.3 is 10.2 Å². The number of nitrogens with zero attached hydrogens (tertiary/aromatic N) is 3. The van der Waals surface area contributed by atoms with E-state index < -0.39 is 16.6 Å². The van der Waals surface area contributed by atoms with Crippen LogP contribution in [0.3, 0.4) is 0 Å². The lowest BCUT2D eigenvalue weighted by molar-refractivity contribution is -0.385. The van der Waals surface area contributed by atoms with Gasteiger partial charge in [0.2, 0.25) is 0 Å². The molecule has 0 aliphatic carbocycles. The maximum atomic E-state index is 13.4. The predicted molar refractivity (Wildman–Crippen MR) is 89.1 cm³/mol. The Morgan fingerprint density at radius 1 is 1.29 bits per heavy atom. The first kappa shape index (κ1) is 18.6. The van der Waals surface area contributed by atoms with Crippen LogP contribution in [0, 0.1) is 15.9 Å². The van der Waals surface area contributed by atoms with Crippen molar-refractivity contribution in [3.05, 3.63) is 39.7 Å². The SMILES string of the molecule is Cl.O=C(c1cc(F)ccc1[N+](=O)[O-])N1CCN(C2CCNC2)CC1. The summed E-state index contributed by atoms with van der Waals surface area (Å²) < 4.78 is 13.4. The van der Waals surface area contributed by atoms with Gasteiger partial charge >= 0.3 is 0 Å². The molecule has 0 aromatic heterocycles. The molecule has 0 saturated carbocycles. The Hall–Kier alpha value is -1.77. The van der Waals surface area contributed by atoms with Crippen LogP contribution in [-0.4, -0.2) is 65.9 Å². The third kappa shape index (κ3) is 3.82. The number of hydrogen-bond acceptors (Lipinski definition) is 5. The second-order valence-electron chi connectivity index (χ2n) is 5.89. The van der Waals surface area contributed by atoms with Crippen LogP contribution < -0.4 is 5.32 Å². The summed E-state index contributed by atoms with van der Waals surface area (Å²) in [4.78, 5) is 26.8. The van der Waals surface area contributed by atoms with Gasteiger partial charge in [-0.3, -0.25) is 19.8 Å². The van der Waals surface area contributed by atoms with Crippen LogP contribution >= 0.6 is 12.4 Å². The summed E-state index contributed by atoms with van der Waals surface area (Å²) in [5.41, 5.74) is -0.523. The number of nitrogens with one attached hydrogen (secondary N) is 1. The van der Waals surface area contributed by atoms with Crippen LogP contribution in [-0.2, 0) is 0 Å². The van der Waals surface area contributed by atoms with Gasteiger partial charge in [-0.2, -0.15) is 0 Å². The van der Waals surface area contributed by atoms with Crippen molar-refractivity contribution in [1.82, 2.24) is 15.1 Å². The number of carbonyl (C=O) groups is 1. The lowest BCUT2D eigenvalue weighted by atomic mass is 10.1. The first-order valence-corrected chi connectivity index (χ1v) is 7.74. The number of carbonyl (C=O) groups excluding carboxylic acids is 1. The van der Waals surface area contributed by atoms with Crippen molar-refractivity contribution in [2.75, 3.05) is 39.3 Å². The summed E-state index contributed by atoms with van der Waals surface area (Å²) >= 11 is 0. The summed E-state index contributed by atoms with van der Waals surface area (Å²) in [6, 6.07) is 3.49. The van der Waals surface area contributed by atoms with E-state index in [1.54, 1.807) is 4.90 Å². The smallest absolute Gasteiger partial charge is 0.282 e. The molecule has 0 spiro atoms. The Balaban J connectivity index is 0.00000208. The molecule has 2 heterocycles. The number of piperazine rings is 1. The highest BCUT2D eigenvalue weighted by atomic mass is 35.5. The first-order chi connectivity index (χ1) is 11.1. The predicted octanol–water partition coefficient (Wildman–Crippen LogP) is 1.28. The Bertz CT molecular complexity index is 617. The molecule has 0 bridgehead atoms. The molecule has 1 N–H and O–H groups in total. The topological polar surface area (TPSA) is 78.7 Å². The zero-order chi connectivity index (χ0) is 16.4. The van der Waals surface area contributed by atoms with E-state index >= 15 is 0 Å². The van der Waals surface area contributed by atoms with E-state index in [4.69, 9.17) is 0 Å². The molecular formula is C15H20ClFN4O3. The number of halogens is 2. The van der Waals surface area contributed by atoms with Crippen molar-refractivity contribution in [3.8, 4) is 0 Å². The summed E-state index contributed by atoms with van der Waals surface area (Å²) in [6.07, 6.45) is 1.10. The molecule has 2 saturated heterocycles. The molecule has 132 valence electrons. The van der Waals surface area contributed by atoms with Crippen molar-refractivity contribution >= 4 is 24.0 Å². The maximum absolute atomic E-state index is 13.4. The van der Waals surface area contributed by atoms with Gasteiger partial charge in [-0.1, -0.05) is 0 Å². The minimum atomic E-state index is -0.646. The molecule has 3 rings (SSSR count). The molecule has 7 nitrogen and oxygen atoms in total. The standard InChI is InChI=1S/C15H19FN4O3.ClH/c16-11-1-2-14(20(22)23)13(9-11)15(21)19-7-5-18(6-8-19)12-3-4-17-10-12;/h1-2,9,12,17H,3-8,10H2;1H. The number of benzene rings is 1. The minimum Gasteiger partial charge on any atom is -0.336 e. The molecule has 1 aromatic carbocycles. The van der Waals surface area contributed by atoms with E-state index in [-0.39, 0.29) is 23.7 Å². The number of nitro benzene ring substituents is 1. The van der Waals surface area contributed by atoms with Gasteiger partial charge in [0.25, 0.3) is 11.6 Å².